The van der Waals surface area contributed by atoms with E-state index in [9.17, 15) is 5.11 Å². The highest BCUT2D eigenvalue weighted by Gasteiger charge is 2.05. The Labute approximate surface area is 96.3 Å². The highest BCUT2D eigenvalue weighted by Crippen LogP contribution is 2.16. The van der Waals surface area contributed by atoms with Crippen LogP contribution in [0.3, 0.4) is 0 Å². The minimum absolute atomic E-state index is 0.121. The molecule has 0 saturated carbocycles. The first-order chi connectivity index (χ1) is 7.16. The van der Waals surface area contributed by atoms with Crippen molar-refractivity contribution in [3.8, 4) is 0 Å². The second-order valence-electron chi connectivity index (χ2n) is 5.10. The summed E-state index contributed by atoms with van der Waals surface area (Å²) in [5, 5.41) is 9.22. The number of unbranched alkanes of at least 4 members (excludes halogenated alkanes) is 6. The summed E-state index contributed by atoms with van der Waals surface area (Å²) in [7, 11) is 0. The molecule has 2 unspecified atom stereocenters. The fourth-order valence-electron chi connectivity index (χ4n) is 2.15. The number of hydrogen-bond donors (Lipinski definition) is 1. The second kappa shape index (κ2) is 10.5. The summed E-state index contributed by atoms with van der Waals surface area (Å²) >= 11 is 0. The summed E-state index contributed by atoms with van der Waals surface area (Å²) in [4.78, 5) is 0. The van der Waals surface area contributed by atoms with Gasteiger partial charge in [0, 0.05) is 0 Å². The lowest BCUT2D eigenvalue weighted by Gasteiger charge is -2.12. The molecule has 0 aliphatic carbocycles. The molecule has 92 valence electrons. The fourth-order valence-corrected chi connectivity index (χ4v) is 2.15. The third-order valence-electron chi connectivity index (χ3n) is 3.04. The van der Waals surface area contributed by atoms with Crippen LogP contribution in [-0.2, 0) is 0 Å². The highest BCUT2D eigenvalue weighted by molar-refractivity contribution is 4.57. The summed E-state index contributed by atoms with van der Waals surface area (Å²) in [6.45, 7) is 6.41. The fraction of sp³-hybridized carbons (Fsp3) is 1.00. The van der Waals surface area contributed by atoms with Gasteiger partial charge in [-0.3, -0.25) is 0 Å². The third kappa shape index (κ3) is 11.9. The predicted octanol–water partition coefficient (Wildman–Crippen LogP) is 4.53. The van der Waals surface area contributed by atoms with Gasteiger partial charge < -0.3 is 5.11 Å². The van der Waals surface area contributed by atoms with Gasteiger partial charge in [0.2, 0.25) is 0 Å². The maximum absolute atomic E-state index is 9.22. The van der Waals surface area contributed by atoms with Crippen LogP contribution in [0.1, 0.15) is 78.6 Å². The molecule has 0 rings (SSSR count). The SMILES string of the molecule is CCCCCCCCCC(C)CC(C)O. The molecule has 0 aromatic heterocycles. The number of aliphatic hydroxyl groups excluding tert-OH is 1. The average molecular weight is 214 g/mol. The molecular formula is C14H30O. The average Bonchev–Trinajstić information content (AvgIpc) is 2.15. The van der Waals surface area contributed by atoms with Crippen molar-refractivity contribution >= 4 is 0 Å². The molecular weight excluding hydrogens is 184 g/mol. The van der Waals surface area contributed by atoms with Crippen molar-refractivity contribution < 1.29 is 5.11 Å². The van der Waals surface area contributed by atoms with Crippen LogP contribution >= 0.6 is 0 Å². The summed E-state index contributed by atoms with van der Waals surface area (Å²) in [5.74, 6) is 0.695. The van der Waals surface area contributed by atoms with Crippen LogP contribution in [-0.4, -0.2) is 11.2 Å². The molecule has 0 saturated heterocycles. The van der Waals surface area contributed by atoms with Gasteiger partial charge in [0.25, 0.3) is 0 Å². The Morgan fingerprint density at radius 2 is 1.40 bits per heavy atom. The van der Waals surface area contributed by atoms with E-state index in [4.69, 9.17) is 0 Å². The zero-order valence-electron chi connectivity index (χ0n) is 11.0. The topological polar surface area (TPSA) is 20.2 Å². The van der Waals surface area contributed by atoms with Crippen molar-refractivity contribution in [1.29, 1.82) is 0 Å². The molecule has 0 amide bonds. The minimum Gasteiger partial charge on any atom is -0.393 e. The molecule has 0 fully saturated rings. The van der Waals surface area contributed by atoms with Crippen LogP contribution in [0.2, 0.25) is 0 Å². The molecule has 0 aromatic rings. The molecule has 15 heavy (non-hydrogen) atoms. The molecule has 0 aliphatic heterocycles. The second-order valence-corrected chi connectivity index (χ2v) is 5.10. The lowest BCUT2D eigenvalue weighted by atomic mass is 9.97. The molecule has 1 nitrogen and oxygen atoms in total. The monoisotopic (exact) mass is 214 g/mol. The molecule has 0 aliphatic rings. The maximum Gasteiger partial charge on any atom is 0.0514 e. The van der Waals surface area contributed by atoms with Crippen LogP contribution < -0.4 is 0 Å². The van der Waals surface area contributed by atoms with Gasteiger partial charge in [-0.25, -0.2) is 0 Å². The van der Waals surface area contributed by atoms with Gasteiger partial charge >= 0.3 is 0 Å². The molecule has 0 radical (unpaired) electrons. The van der Waals surface area contributed by atoms with E-state index in [1.165, 1.54) is 51.4 Å². The van der Waals surface area contributed by atoms with E-state index in [0.717, 1.165) is 6.42 Å². The van der Waals surface area contributed by atoms with E-state index in [2.05, 4.69) is 13.8 Å². The molecule has 2 atom stereocenters. The lowest BCUT2D eigenvalue weighted by Crippen LogP contribution is -2.06. The van der Waals surface area contributed by atoms with Crippen LogP contribution in [0.15, 0.2) is 0 Å². The Hall–Kier alpha value is -0.0400. The van der Waals surface area contributed by atoms with Gasteiger partial charge in [0.05, 0.1) is 6.10 Å². The summed E-state index contributed by atoms with van der Waals surface area (Å²) in [5.41, 5.74) is 0. The smallest absolute Gasteiger partial charge is 0.0514 e. The Bertz CT molecular complexity index is 121. The van der Waals surface area contributed by atoms with Crippen molar-refractivity contribution in [2.75, 3.05) is 0 Å². The zero-order chi connectivity index (χ0) is 11.5. The Morgan fingerprint density at radius 3 is 1.93 bits per heavy atom. The van der Waals surface area contributed by atoms with E-state index in [-0.39, 0.29) is 6.10 Å². The predicted molar refractivity (Wildman–Crippen MR) is 68.1 cm³/mol. The van der Waals surface area contributed by atoms with Crippen LogP contribution in [0, 0.1) is 5.92 Å². The van der Waals surface area contributed by atoms with Crippen molar-refractivity contribution in [2.45, 2.75) is 84.7 Å². The molecule has 1 heteroatoms. The van der Waals surface area contributed by atoms with E-state index in [1.54, 1.807) is 0 Å². The van der Waals surface area contributed by atoms with Crippen LogP contribution in [0.25, 0.3) is 0 Å². The quantitative estimate of drug-likeness (QED) is 0.530. The van der Waals surface area contributed by atoms with Crippen molar-refractivity contribution in [2.24, 2.45) is 5.92 Å². The Kier molecular flexibility index (Phi) is 10.4. The molecule has 0 spiro atoms. The van der Waals surface area contributed by atoms with E-state index in [1.807, 2.05) is 6.92 Å². The number of hydrogen-bond acceptors (Lipinski definition) is 1. The normalized spacial score (nSPS) is 15.2. The van der Waals surface area contributed by atoms with Gasteiger partial charge in [-0.05, 0) is 19.3 Å². The van der Waals surface area contributed by atoms with Gasteiger partial charge in [-0.15, -0.1) is 0 Å². The van der Waals surface area contributed by atoms with Gasteiger partial charge in [-0.1, -0.05) is 65.2 Å². The zero-order valence-corrected chi connectivity index (χ0v) is 11.0. The van der Waals surface area contributed by atoms with Crippen LogP contribution in [0.5, 0.6) is 0 Å². The van der Waals surface area contributed by atoms with Crippen LogP contribution in [0.4, 0.5) is 0 Å². The van der Waals surface area contributed by atoms with Gasteiger partial charge in [0.1, 0.15) is 0 Å². The molecule has 1 N–H and O–H groups in total. The summed E-state index contributed by atoms with van der Waals surface area (Å²) in [6, 6.07) is 0. The van der Waals surface area contributed by atoms with Crippen molar-refractivity contribution in [3.05, 3.63) is 0 Å². The largest absolute Gasteiger partial charge is 0.393 e. The lowest BCUT2D eigenvalue weighted by molar-refractivity contribution is 0.161. The highest BCUT2D eigenvalue weighted by atomic mass is 16.3. The van der Waals surface area contributed by atoms with Crippen molar-refractivity contribution in [3.63, 3.8) is 0 Å². The van der Waals surface area contributed by atoms with Gasteiger partial charge in [0.15, 0.2) is 0 Å². The Balaban J connectivity index is 3.09. The molecule has 0 heterocycles. The maximum atomic E-state index is 9.22. The first kappa shape index (κ1) is 15.0. The van der Waals surface area contributed by atoms with E-state index in [0.29, 0.717) is 5.92 Å². The number of aliphatic hydroxyl groups is 1. The van der Waals surface area contributed by atoms with E-state index >= 15 is 0 Å². The third-order valence-corrected chi connectivity index (χ3v) is 3.04. The molecule has 0 bridgehead atoms. The first-order valence-electron chi connectivity index (χ1n) is 6.84. The first-order valence-corrected chi connectivity index (χ1v) is 6.84. The number of rotatable bonds is 10. The molecule has 0 aromatic carbocycles. The van der Waals surface area contributed by atoms with Gasteiger partial charge in [-0.2, -0.15) is 0 Å². The Morgan fingerprint density at radius 1 is 0.867 bits per heavy atom. The van der Waals surface area contributed by atoms with Crippen molar-refractivity contribution in [1.82, 2.24) is 0 Å². The summed E-state index contributed by atoms with van der Waals surface area (Å²) in [6.07, 6.45) is 11.8. The standard InChI is InChI=1S/C14H30O/c1-4-5-6-7-8-9-10-11-13(2)12-14(3)15/h13-15H,4-12H2,1-3H3. The summed E-state index contributed by atoms with van der Waals surface area (Å²) < 4.78 is 0. The van der Waals surface area contributed by atoms with E-state index < -0.39 is 0 Å². The minimum atomic E-state index is -0.121.